The van der Waals surface area contributed by atoms with E-state index in [1.54, 1.807) is 18.2 Å². The summed E-state index contributed by atoms with van der Waals surface area (Å²) < 4.78 is 46.9. The first-order valence-corrected chi connectivity index (χ1v) is 8.59. The molecule has 2 aromatic rings. The number of carbonyl (C=O) groups is 1. The number of hydrogen-bond donors (Lipinski definition) is 1. The number of benzene rings is 1. The third kappa shape index (κ3) is 10.6. The molecular formula is C16H18ClNO8. The summed E-state index contributed by atoms with van der Waals surface area (Å²) in [7, 11) is -4.94. The number of carboxylic acid groups (broad SMARTS) is 1. The summed E-state index contributed by atoms with van der Waals surface area (Å²) in [6.07, 6.45) is 3.95. The minimum atomic E-state index is -4.94. The van der Waals surface area contributed by atoms with Gasteiger partial charge in [-0.2, -0.15) is 0 Å². The van der Waals surface area contributed by atoms with E-state index in [9.17, 15) is 4.79 Å². The van der Waals surface area contributed by atoms with Crippen LogP contribution in [0.25, 0.3) is 0 Å². The molecule has 1 N–H and O–H groups in total. The van der Waals surface area contributed by atoms with E-state index in [2.05, 4.69) is 0 Å². The Morgan fingerprint density at radius 3 is 2.19 bits per heavy atom. The number of aromatic nitrogens is 1. The van der Waals surface area contributed by atoms with Gasteiger partial charge in [0.15, 0.2) is 18.9 Å². The summed E-state index contributed by atoms with van der Waals surface area (Å²) in [4.78, 5) is 11.0. The normalized spacial score (nSPS) is 10.6. The number of carboxylic acids is 1. The predicted octanol–water partition coefficient (Wildman–Crippen LogP) is -2.99. The van der Waals surface area contributed by atoms with Crippen LogP contribution >= 0.6 is 0 Å². The Kier molecular flexibility index (Phi) is 9.52. The number of ether oxygens (including phenoxy) is 2. The van der Waals surface area contributed by atoms with Crippen LogP contribution in [0.2, 0.25) is 0 Å². The molecule has 1 heterocycles. The van der Waals surface area contributed by atoms with Crippen molar-refractivity contribution in [2.75, 3.05) is 19.8 Å². The van der Waals surface area contributed by atoms with Crippen molar-refractivity contribution >= 4 is 5.97 Å². The van der Waals surface area contributed by atoms with Crippen LogP contribution in [0.15, 0.2) is 54.9 Å². The number of halogens is 1. The monoisotopic (exact) mass is 387 g/mol. The summed E-state index contributed by atoms with van der Waals surface area (Å²) in [6.45, 7) is 2.09. The van der Waals surface area contributed by atoms with E-state index in [4.69, 9.17) is 33.2 Å². The van der Waals surface area contributed by atoms with Crippen LogP contribution in [0.5, 0.6) is 5.75 Å². The first-order valence-electron chi connectivity index (χ1n) is 7.36. The number of para-hydroxylation sites is 1. The summed E-state index contributed by atoms with van der Waals surface area (Å²) in [5, 5.41) is 9.02. The van der Waals surface area contributed by atoms with E-state index < -0.39 is 16.2 Å². The van der Waals surface area contributed by atoms with Gasteiger partial charge in [0.25, 0.3) is 0 Å². The Morgan fingerprint density at radius 2 is 1.58 bits per heavy atom. The van der Waals surface area contributed by atoms with Crippen molar-refractivity contribution in [3.63, 3.8) is 0 Å². The maximum absolute atomic E-state index is 11.0. The fraction of sp³-hybridized carbons (Fsp3) is 0.250. The smallest absolute Gasteiger partial charge is 0.339 e. The average molecular weight is 388 g/mol. The van der Waals surface area contributed by atoms with Crippen molar-refractivity contribution in [2.24, 2.45) is 0 Å². The standard InChI is InChI=1S/C16H17NO4.ClHO4/c18-16(19)14-6-2-3-7-15(14)21-13-12-20-11-10-17-8-4-1-5-9-17;2-1(3,4)5/h1-9H,10-13H2;(H,2,3,4,5). The van der Waals surface area contributed by atoms with E-state index in [0.717, 1.165) is 6.54 Å². The average Bonchev–Trinajstić information content (AvgIpc) is 2.57. The summed E-state index contributed by atoms with van der Waals surface area (Å²) in [5.74, 6) is -0.627. The fourth-order valence-corrected chi connectivity index (χ4v) is 1.84. The van der Waals surface area contributed by atoms with Gasteiger partial charge in [0, 0.05) is 12.1 Å². The van der Waals surface area contributed by atoms with Gasteiger partial charge in [-0.3, -0.25) is 0 Å². The second-order valence-corrected chi connectivity index (χ2v) is 5.51. The van der Waals surface area contributed by atoms with Crippen LogP contribution < -0.4 is 27.9 Å². The number of hydrogen-bond acceptors (Lipinski definition) is 7. The minimum Gasteiger partial charge on any atom is -0.490 e. The zero-order valence-electron chi connectivity index (χ0n) is 13.7. The van der Waals surface area contributed by atoms with Crippen molar-refractivity contribution in [3.05, 3.63) is 60.4 Å². The molecule has 0 fully saturated rings. The molecule has 10 heteroatoms. The Morgan fingerprint density at radius 1 is 0.962 bits per heavy atom. The highest BCUT2D eigenvalue weighted by atomic mass is 35.7. The number of pyridine rings is 1. The second-order valence-electron chi connectivity index (χ2n) is 4.75. The molecule has 0 bridgehead atoms. The fourth-order valence-electron chi connectivity index (χ4n) is 1.84. The molecule has 0 spiro atoms. The van der Waals surface area contributed by atoms with Gasteiger partial charge < -0.3 is 14.6 Å². The lowest BCUT2D eigenvalue weighted by Gasteiger charge is -2.17. The van der Waals surface area contributed by atoms with E-state index in [-0.39, 0.29) is 5.56 Å². The Labute approximate surface area is 152 Å². The molecule has 26 heavy (non-hydrogen) atoms. The molecule has 0 unspecified atom stereocenters. The molecule has 0 saturated carbocycles. The van der Waals surface area contributed by atoms with Crippen molar-refractivity contribution in [1.82, 2.24) is 0 Å². The first-order chi connectivity index (χ1) is 12.3. The van der Waals surface area contributed by atoms with E-state index in [0.29, 0.717) is 25.6 Å². The summed E-state index contributed by atoms with van der Waals surface area (Å²) >= 11 is 0. The molecule has 0 radical (unpaired) electrons. The topological polar surface area (TPSA) is 152 Å². The highest BCUT2D eigenvalue weighted by Crippen LogP contribution is 2.17. The van der Waals surface area contributed by atoms with Crippen LogP contribution in [0, 0.1) is 10.2 Å². The molecule has 0 saturated heterocycles. The summed E-state index contributed by atoms with van der Waals surface area (Å²) in [5.41, 5.74) is 0.164. The van der Waals surface area contributed by atoms with Gasteiger partial charge in [-0.25, -0.2) is 28.0 Å². The molecule has 0 amide bonds. The molecule has 0 aliphatic heterocycles. The molecular weight excluding hydrogens is 370 g/mol. The van der Waals surface area contributed by atoms with E-state index >= 15 is 0 Å². The number of aromatic carboxylic acids is 1. The zero-order chi connectivity index (χ0) is 19.4. The molecule has 0 aliphatic rings. The maximum Gasteiger partial charge on any atom is 0.339 e. The van der Waals surface area contributed by atoms with Crippen molar-refractivity contribution in [3.8, 4) is 5.75 Å². The molecule has 1 aromatic heterocycles. The molecule has 2 rings (SSSR count). The lowest BCUT2D eigenvalue weighted by Crippen LogP contribution is -2.68. The van der Waals surface area contributed by atoms with Gasteiger partial charge in [0.2, 0.25) is 0 Å². The molecule has 142 valence electrons. The van der Waals surface area contributed by atoms with Crippen molar-refractivity contribution in [1.29, 1.82) is 0 Å². The van der Waals surface area contributed by atoms with E-state index in [1.807, 2.05) is 35.2 Å². The van der Waals surface area contributed by atoms with E-state index in [1.165, 1.54) is 6.07 Å². The SMILES string of the molecule is O=C(O)c1ccccc1OCCOCC[n+]1ccccc1.[O-][Cl+3]([O-])([O-])[O-]. The van der Waals surface area contributed by atoms with Gasteiger partial charge in [-0.1, -0.05) is 18.2 Å². The Bertz CT molecular complexity index is 657. The van der Waals surface area contributed by atoms with Gasteiger partial charge in [-0.05, 0) is 12.1 Å². The van der Waals surface area contributed by atoms with Crippen LogP contribution in [0.3, 0.4) is 0 Å². The first kappa shape index (κ1) is 21.8. The lowest BCUT2D eigenvalue weighted by atomic mass is 10.2. The lowest BCUT2D eigenvalue weighted by molar-refractivity contribution is -2.00. The van der Waals surface area contributed by atoms with Crippen molar-refractivity contribution in [2.45, 2.75) is 6.54 Å². The third-order valence-corrected chi connectivity index (χ3v) is 2.87. The molecule has 9 nitrogen and oxygen atoms in total. The quantitative estimate of drug-likeness (QED) is 0.372. The minimum absolute atomic E-state index is 0.164. The number of nitrogens with zero attached hydrogens (tertiary/aromatic N) is 1. The van der Waals surface area contributed by atoms with Crippen LogP contribution in [-0.4, -0.2) is 30.9 Å². The maximum atomic E-state index is 11.0. The van der Waals surface area contributed by atoms with Crippen LogP contribution in [0.4, 0.5) is 0 Å². The zero-order valence-corrected chi connectivity index (χ0v) is 14.4. The Hall–Kier alpha value is -2.27. The highest BCUT2D eigenvalue weighted by molar-refractivity contribution is 5.90. The Balaban J connectivity index is 0.000000597. The van der Waals surface area contributed by atoms with Crippen molar-refractivity contribution < 1.29 is 52.8 Å². The largest absolute Gasteiger partial charge is 0.490 e. The molecule has 0 atom stereocenters. The predicted molar refractivity (Wildman–Crippen MR) is 76.4 cm³/mol. The highest BCUT2D eigenvalue weighted by Gasteiger charge is 2.09. The third-order valence-electron chi connectivity index (χ3n) is 2.87. The van der Waals surface area contributed by atoms with Gasteiger partial charge in [0.05, 0.1) is 6.61 Å². The number of rotatable bonds is 8. The second kappa shape index (κ2) is 11.4. The molecule has 0 aliphatic carbocycles. The summed E-state index contributed by atoms with van der Waals surface area (Å²) in [6, 6.07) is 12.5. The molecule has 1 aromatic carbocycles. The van der Waals surface area contributed by atoms with Crippen LogP contribution in [0.1, 0.15) is 10.4 Å². The van der Waals surface area contributed by atoms with Gasteiger partial charge >= 0.3 is 5.97 Å². The van der Waals surface area contributed by atoms with Gasteiger partial charge in [0.1, 0.15) is 24.5 Å². The van der Waals surface area contributed by atoms with Crippen LogP contribution in [-0.2, 0) is 11.3 Å². The van der Waals surface area contributed by atoms with Gasteiger partial charge in [-0.15, -0.1) is 10.2 Å².